The first-order chi connectivity index (χ1) is 15.8. The van der Waals surface area contributed by atoms with Gasteiger partial charge in [-0.05, 0) is 29.0 Å². The number of morpholine rings is 1. The Morgan fingerprint density at radius 1 is 0.875 bits per heavy atom. The number of tetrazole rings is 1. The van der Waals surface area contributed by atoms with Gasteiger partial charge in [0.15, 0.2) is 17.3 Å². The van der Waals surface area contributed by atoms with Crippen molar-refractivity contribution in [3.05, 3.63) is 24.0 Å². The largest absolute Gasteiger partial charge is 0.486 e. The molecule has 0 amide bonds. The van der Waals surface area contributed by atoms with E-state index in [1.807, 2.05) is 22.9 Å². The number of rotatable bonds is 7. The van der Waals surface area contributed by atoms with Crippen molar-refractivity contribution in [1.82, 2.24) is 34.9 Å². The van der Waals surface area contributed by atoms with Gasteiger partial charge in [-0.3, -0.25) is 14.7 Å². The number of ether oxygens (including phenoxy) is 3. The minimum absolute atomic E-state index is 0.180. The third-order valence-electron chi connectivity index (χ3n) is 6.63. The van der Waals surface area contributed by atoms with E-state index in [1.54, 1.807) is 0 Å². The van der Waals surface area contributed by atoms with E-state index in [-0.39, 0.29) is 6.04 Å². The highest BCUT2D eigenvalue weighted by atomic mass is 16.6. The zero-order valence-corrected chi connectivity index (χ0v) is 18.9. The minimum atomic E-state index is 0.180. The molecule has 0 aliphatic carbocycles. The van der Waals surface area contributed by atoms with Gasteiger partial charge >= 0.3 is 0 Å². The fourth-order valence-electron chi connectivity index (χ4n) is 4.76. The second-order valence-corrected chi connectivity index (χ2v) is 8.53. The Bertz CT molecular complexity index is 878. The average molecular weight is 444 g/mol. The van der Waals surface area contributed by atoms with E-state index in [0.29, 0.717) is 13.2 Å². The van der Waals surface area contributed by atoms with Crippen molar-refractivity contribution in [1.29, 1.82) is 0 Å². The van der Waals surface area contributed by atoms with Crippen LogP contribution in [0.3, 0.4) is 0 Å². The van der Waals surface area contributed by atoms with E-state index in [2.05, 4.69) is 37.1 Å². The molecule has 174 valence electrons. The highest BCUT2D eigenvalue weighted by molar-refractivity contribution is 5.49. The quantitative estimate of drug-likeness (QED) is 0.618. The Hall–Kier alpha value is -2.27. The molecule has 1 atom stereocenters. The first-order valence-electron chi connectivity index (χ1n) is 11.8. The summed E-state index contributed by atoms with van der Waals surface area (Å²) in [7, 11) is 0. The van der Waals surface area contributed by atoms with Crippen molar-refractivity contribution in [3.8, 4) is 17.2 Å². The summed E-state index contributed by atoms with van der Waals surface area (Å²) in [6.07, 6.45) is 0.957. The Kier molecular flexibility index (Phi) is 6.82. The zero-order chi connectivity index (χ0) is 21.8. The van der Waals surface area contributed by atoms with Gasteiger partial charge in [0, 0.05) is 58.4 Å². The number of nitrogens with zero attached hydrogens (tertiary/aromatic N) is 7. The Morgan fingerprint density at radius 3 is 2.34 bits per heavy atom. The van der Waals surface area contributed by atoms with Crippen LogP contribution in [0.25, 0.3) is 5.69 Å². The number of fused-ring (bicyclic) bond motifs is 1. The van der Waals surface area contributed by atoms with Crippen LogP contribution in [0.15, 0.2) is 18.2 Å². The standard InChI is InChI=1S/C22H33N7O3/c1-2-19(28-9-7-26(8-10-28)5-6-27-11-13-30-14-12-27)22-23-24-25-29(22)18-3-4-20-21(17-18)32-16-15-31-20/h3-4,17,19H,2,5-16H2,1H3. The van der Waals surface area contributed by atoms with E-state index < -0.39 is 0 Å². The van der Waals surface area contributed by atoms with Gasteiger partial charge in [0.05, 0.1) is 24.9 Å². The molecule has 2 saturated heterocycles. The Balaban J connectivity index is 1.22. The summed E-state index contributed by atoms with van der Waals surface area (Å²) in [6, 6.07) is 6.07. The second kappa shape index (κ2) is 10.1. The van der Waals surface area contributed by atoms with Gasteiger partial charge in [-0.25, -0.2) is 0 Å². The van der Waals surface area contributed by atoms with Gasteiger partial charge in [0.1, 0.15) is 13.2 Å². The third-order valence-corrected chi connectivity index (χ3v) is 6.63. The van der Waals surface area contributed by atoms with Crippen molar-refractivity contribution in [2.75, 3.05) is 78.8 Å². The predicted octanol–water partition coefficient (Wildman–Crippen LogP) is 0.834. The molecule has 4 heterocycles. The maximum Gasteiger partial charge on any atom is 0.173 e. The van der Waals surface area contributed by atoms with E-state index in [1.165, 1.54) is 0 Å². The normalized spacial score (nSPS) is 21.5. The fourth-order valence-corrected chi connectivity index (χ4v) is 4.76. The number of hydrogen-bond donors (Lipinski definition) is 0. The smallest absolute Gasteiger partial charge is 0.173 e. The minimum Gasteiger partial charge on any atom is -0.486 e. The molecule has 1 aromatic heterocycles. The number of hydrogen-bond acceptors (Lipinski definition) is 9. The highest BCUT2D eigenvalue weighted by Crippen LogP contribution is 2.33. The summed E-state index contributed by atoms with van der Waals surface area (Å²) in [5.41, 5.74) is 0.900. The average Bonchev–Trinajstić information content (AvgIpc) is 3.34. The van der Waals surface area contributed by atoms with Gasteiger partial charge in [-0.15, -0.1) is 5.10 Å². The Labute approximate surface area is 189 Å². The first-order valence-corrected chi connectivity index (χ1v) is 11.8. The molecule has 10 nitrogen and oxygen atoms in total. The summed E-state index contributed by atoms with van der Waals surface area (Å²) >= 11 is 0. The van der Waals surface area contributed by atoms with Gasteiger partial charge in [0.2, 0.25) is 0 Å². The predicted molar refractivity (Wildman–Crippen MR) is 118 cm³/mol. The molecule has 2 aromatic rings. The lowest BCUT2D eigenvalue weighted by atomic mass is 10.1. The molecular formula is C22H33N7O3. The lowest BCUT2D eigenvalue weighted by Crippen LogP contribution is -2.50. The van der Waals surface area contributed by atoms with E-state index in [0.717, 1.165) is 95.0 Å². The van der Waals surface area contributed by atoms with Crippen molar-refractivity contribution in [2.24, 2.45) is 0 Å². The molecule has 0 radical (unpaired) electrons. The van der Waals surface area contributed by atoms with Crippen LogP contribution in [0, 0.1) is 0 Å². The maximum atomic E-state index is 5.75. The van der Waals surface area contributed by atoms with Crippen LogP contribution in [0.5, 0.6) is 11.5 Å². The van der Waals surface area contributed by atoms with E-state index in [9.17, 15) is 0 Å². The van der Waals surface area contributed by atoms with Crippen LogP contribution in [0.4, 0.5) is 0 Å². The zero-order valence-electron chi connectivity index (χ0n) is 18.9. The molecule has 5 rings (SSSR count). The van der Waals surface area contributed by atoms with Gasteiger partial charge in [-0.2, -0.15) is 4.68 Å². The SMILES string of the molecule is CCC(c1nnnn1-c1ccc2c(c1)OCCO2)N1CCN(CCN2CCOCC2)CC1. The molecule has 1 aromatic carbocycles. The van der Waals surface area contributed by atoms with Crippen molar-refractivity contribution < 1.29 is 14.2 Å². The van der Waals surface area contributed by atoms with Crippen LogP contribution < -0.4 is 9.47 Å². The molecule has 0 N–H and O–H groups in total. The summed E-state index contributed by atoms with van der Waals surface area (Å²) in [6.45, 7) is 13.6. The summed E-state index contributed by atoms with van der Waals surface area (Å²) in [4.78, 5) is 7.60. The molecule has 10 heteroatoms. The van der Waals surface area contributed by atoms with Crippen LogP contribution in [-0.2, 0) is 4.74 Å². The van der Waals surface area contributed by atoms with Crippen LogP contribution in [0.1, 0.15) is 25.2 Å². The van der Waals surface area contributed by atoms with Crippen LogP contribution in [0.2, 0.25) is 0 Å². The van der Waals surface area contributed by atoms with E-state index >= 15 is 0 Å². The van der Waals surface area contributed by atoms with Gasteiger partial charge < -0.3 is 14.2 Å². The maximum absolute atomic E-state index is 5.75. The second-order valence-electron chi connectivity index (χ2n) is 8.53. The molecule has 3 aliphatic rings. The monoisotopic (exact) mass is 443 g/mol. The fraction of sp³-hybridized carbons (Fsp3) is 0.682. The van der Waals surface area contributed by atoms with Gasteiger partial charge in [-0.1, -0.05) is 6.92 Å². The van der Waals surface area contributed by atoms with Crippen molar-refractivity contribution in [3.63, 3.8) is 0 Å². The molecule has 0 bridgehead atoms. The summed E-state index contributed by atoms with van der Waals surface area (Å²) < 4.78 is 18.7. The topological polar surface area (TPSA) is 81.0 Å². The highest BCUT2D eigenvalue weighted by Gasteiger charge is 2.29. The number of piperazine rings is 1. The first kappa shape index (κ1) is 21.6. The molecule has 0 saturated carbocycles. The van der Waals surface area contributed by atoms with Crippen molar-refractivity contribution >= 4 is 0 Å². The number of aromatic nitrogens is 4. The molecule has 0 spiro atoms. The molecule has 1 unspecified atom stereocenters. The molecule has 3 aliphatic heterocycles. The summed E-state index contributed by atoms with van der Waals surface area (Å²) in [5.74, 6) is 2.40. The Morgan fingerprint density at radius 2 is 1.59 bits per heavy atom. The van der Waals surface area contributed by atoms with Crippen LogP contribution in [-0.4, -0.2) is 114 Å². The van der Waals surface area contributed by atoms with E-state index in [4.69, 9.17) is 14.2 Å². The molecular weight excluding hydrogens is 410 g/mol. The summed E-state index contributed by atoms with van der Waals surface area (Å²) in [5, 5.41) is 12.7. The third kappa shape index (κ3) is 4.73. The lowest BCUT2D eigenvalue weighted by molar-refractivity contribution is 0.0273. The molecule has 2 fully saturated rings. The number of benzene rings is 1. The van der Waals surface area contributed by atoms with Crippen molar-refractivity contribution in [2.45, 2.75) is 19.4 Å². The lowest BCUT2D eigenvalue weighted by Gasteiger charge is -2.39. The van der Waals surface area contributed by atoms with Gasteiger partial charge in [0.25, 0.3) is 0 Å². The van der Waals surface area contributed by atoms with Crippen LogP contribution >= 0.6 is 0 Å². The molecule has 32 heavy (non-hydrogen) atoms.